The Labute approximate surface area is 201 Å². The van der Waals surface area contributed by atoms with Gasteiger partial charge in [-0.2, -0.15) is 0 Å². The smallest absolute Gasteiger partial charge is 0.162 e. The molecule has 1 aliphatic carbocycles. The van der Waals surface area contributed by atoms with E-state index in [1.165, 1.54) is 36.6 Å². The number of halogens is 2. The van der Waals surface area contributed by atoms with Gasteiger partial charge in [0.1, 0.15) is 17.5 Å². The maximum absolute atomic E-state index is 13.7. The van der Waals surface area contributed by atoms with Gasteiger partial charge in [-0.1, -0.05) is 11.6 Å². The second-order valence-electron chi connectivity index (χ2n) is 8.68. The topological polar surface area (TPSA) is 78.9 Å². The highest BCUT2D eigenvalue weighted by atomic mass is 35.5. The number of nitrogens with zero attached hydrogens (tertiary/aromatic N) is 5. The Kier molecular flexibility index (Phi) is 5.47. The monoisotopic (exact) mass is 475 g/mol. The maximum Gasteiger partial charge on any atom is 0.162 e. The summed E-state index contributed by atoms with van der Waals surface area (Å²) in [5.41, 5.74) is 3.35. The van der Waals surface area contributed by atoms with Crippen molar-refractivity contribution in [3.8, 4) is 11.4 Å². The Hall–Kier alpha value is -3.36. The lowest BCUT2D eigenvalue weighted by atomic mass is 10.1. The SMILES string of the molecule is Fc1ccc(Cl)c(Nc2cc(-c3nc(N4CCNCC4)c4c(C5CC5)cncc4n3)ccn2)c1. The Morgan fingerprint density at radius 2 is 1.91 bits per heavy atom. The van der Waals surface area contributed by atoms with E-state index in [2.05, 4.69) is 25.5 Å². The van der Waals surface area contributed by atoms with Crippen molar-refractivity contribution in [2.45, 2.75) is 18.8 Å². The first-order valence-corrected chi connectivity index (χ1v) is 11.8. The van der Waals surface area contributed by atoms with Crippen molar-refractivity contribution in [1.29, 1.82) is 0 Å². The number of nitrogens with one attached hydrogen (secondary N) is 2. The molecule has 9 heteroatoms. The molecule has 2 aliphatic rings. The molecular formula is C25H23ClFN7. The Bertz CT molecular complexity index is 1370. The largest absolute Gasteiger partial charge is 0.353 e. The summed E-state index contributed by atoms with van der Waals surface area (Å²) < 4.78 is 13.7. The van der Waals surface area contributed by atoms with Crippen LogP contribution in [0.15, 0.2) is 48.9 Å². The summed E-state index contributed by atoms with van der Waals surface area (Å²) in [6.07, 6.45) is 7.86. The highest BCUT2D eigenvalue weighted by Crippen LogP contribution is 2.44. The summed E-state index contributed by atoms with van der Waals surface area (Å²) in [7, 11) is 0. The van der Waals surface area contributed by atoms with E-state index in [1.807, 2.05) is 24.5 Å². The van der Waals surface area contributed by atoms with E-state index >= 15 is 0 Å². The number of pyridine rings is 2. The van der Waals surface area contributed by atoms with Crippen LogP contribution in [0.1, 0.15) is 24.3 Å². The zero-order valence-corrected chi connectivity index (χ0v) is 19.2. The fraction of sp³-hybridized carbons (Fsp3) is 0.280. The molecule has 0 amide bonds. The second-order valence-corrected chi connectivity index (χ2v) is 9.09. The van der Waals surface area contributed by atoms with E-state index in [-0.39, 0.29) is 5.82 Å². The lowest BCUT2D eigenvalue weighted by molar-refractivity contribution is 0.586. The Balaban J connectivity index is 1.44. The molecule has 4 heterocycles. The minimum absolute atomic E-state index is 0.374. The van der Waals surface area contributed by atoms with Crippen LogP contribution in [-0.4, -0.2) is 46.1 Å². The van der Waals surface area contributed by atoms with Gasteiger partial charge in [-0.3, -0.25) is 4.98 Å². The zero-order valence-electron chi connectivity index (χ0n) is 18.4. The fourth-order valence-electron chi connectivity index (χ4n) is 4.40. The summed E-state index contributed by atoms with van der Waals surface area (Å²) in [6, 6.07) is 7.90. The van der Waals surface area contributed by atoms with Crippen molar-refractivity contribution in [3.63, 3.8) is 0 Å². The molecule has 0 bridgehead atoms. The molecule has 4 aromatic rings. The number of benzene rings is 1. The molecule has 2 fully saturated rings. The number of rotatable bonds is 5. The van der Waals surface area contributed by atoms with Gasteiger partial charge < -0.3 is 15.5 Å². The molecule has 7 nitrogen and oxygen atoms in total. The third-order valence-electron chi connectivity index (χ3n) is 6.26. The molecule has 1 saturated carbocycles. The molecule has 0 radical (unpaired) electrons. The second kappa shape index (κ2) is 8.77. The Morgan fingerprint density at radius 1 is 1.06 bits per heavy atom. The molecule has 0 atom stereocenters. The molecule has 3 aromatic heterocycles. The van der Waals surface area contributed by atoms with E-state index in [0.717, 1.165) is 48.5 Å². The number of aromatic nitrogens is 4. The number of fused-ring (bicyclic) bond motifs is 1. The number of anilines is 3. The molecule has 172 valence electrons. The molecule has 0 spiro atoms. The van der Waals surface area contributed by atoms with E-state index in [0.29, 0.717) is 28.3 Å². The number of hydrogen-bond acceptors (Lipinski definition) is 7. The van der Waals surface area contributed by atoms with Crippen molar-refractivity contribution in [2.75, 3.05) is 36.4 Å². The van der Waals surface area contributed by atoms with Crippen molar-refractivity contribution < 1.29 is 4.39 Å². The van der Waals surface area contributed by atoms with Crippen LogP contribution < -0.4 is 15.5 Å². The van der Waals surface area contributed by atoms with Gasteiger partial charge in [-0.25, -0.2) is 19.3 Å². The molecule has 1 saturated heterocycles. The van der Waals surface area contributed by atoms with Gasteiger partial charge in [0.25, 0.3) is 0 Å². The average Bonchev–Trinajstić information content (AvgIpc) is 3.71. The quantitative estimate of drug-likeness (QED) is 0.424. The lowest BCUT2D eigenvalue weighted by Gasteiger charge is -2.30. The summed E-state index contributed by atoms with van der Waals surface area (Å²) >= 11 is 6.22. The van der Waals surface area contributed by atoms with Crippen LogP contribution in [-0.2, 0) is 0 Å². The number of piperazine rings is 1. The van der Waals surface area contributed by atoms with E-state index in [9.17, 15) is 4.39 Å². The van der Waals surface area contributed by atoms with Crippen molar-refractivity contribution >= 4 is 39.8 Å². The van der Waals surface area contributed by atoms with E-state index in [4.69, 9.17) is 21.6 Å². The zero-order chi connectivity index (χ0) is 23.1. The van der Waals surface area contributed by atoms with E-state index in [1.54, 1.807) is 6.20 Å². The predicted molar refractivity (Wildman–Crippen MR) is 132 cm³/mol. The summed E-state index contributed by atoms with van der Waals surface area (Å²) in [5, 5.41) is 8.04. The van der Waals surface area contributed by atoms with Crippen LogP contribution >= 0.6 is 11.6 Å². The van der Waals surface area contributed by atoms with Gasteiger partial charge in [-0.05, 0) is 54.7 Å². The highest BCUT2D eigenvalue weighted by Gasteiger charge is 2.29. The summed E-state index contributed by atoms with van der Waals surface area (Å²) in [5.74, 6) is 2.26. The van der Waals surface area contributed by atoms with Gasteiger partial charge in [0, 0.05) is 49.5 Å². The van der Waals surface area contributed by atoms with Crippen LogP contribution in [0.25, 0.3) is 22.3 Å². The van der Waals surface area contributed by atoms with Gasteiger partial charge in [0.15, 0.2) is 5.82 Å². The molecule has 1 aromatic carbocycles. The Morgan fingerprint density at radius 3 is 2.74 bits per heavy atom. The fourth-order valence-corrected chi connectivity index (χ4v) is 4.56. The third-order valence-corrected chi connectivity index (χ3v) is 6.59. The standard InChI is InChI=1S/C25H23ClFN7/c26-19-4-3-17(27)12-20(19)31-22-11-16(5-6-30-22)24-32-21-14-29-13-18(15-1-2-15)23(21)25(33-24)34-9-7-28-8-10-34/h3-6,11-15,28H,1-2,7-10H2,(H,30,31). The first-order valence-electron chi connectivity index (χ1n) is 11.5. The van der Waals surface area contributed by atoms with E-state index < -0.39 is 0 Å². The van der Waals surface area contributed by atoms with Crippen LogP contribution in [0, 0.1) is 5.82 Å². The van der Waals surface area contributed by atoms with Crippen molar-refractivity contribution in [1.82, 2.24) is 25.3 Å². The highest BCUT2D eigenvalue weighted by molar-refractivity contribution is 6.33. The summed E-state index contributed by atoms with van der Waals surface area (Å²) in [4.78, 5) is 21.2. The van der Waals surface area contributed by atoms with Gasteiger partial charge in [-0.15, -0.1) is 0 Å². The van der Waals surface area contributed by atoms with Gasteiger partial charge in [0.2, 0.25) is 0 Å². The molecule has 6 rings (SSSR count). The number of hydrogen-bond donors (Lipinski definition) is 2. The maximum atomic E-state index is 13.7. The van der Waals surface area contributed by atoms with Crippen LogP contribution in [0.3, 0.4) is 0 Å². The molecule has 34 heavy (non-hydrogen) atoms. The molecule has 2 N–H and O–H groups in total. The minimum Gasteiger partial charge on any atom is -0.353 e. The van der Waals surface area contributed by atoms with Crippen LogP contribution in [0.2, 0.25) is 5.02 Å². The first-order chi connectivity index (χ1) is 16.7. The minimum atomic E-state index is -0.374. The van der Waals surface area contributed by atoms with Crippen LogP contribution in [0.4, 0.5) is 21.7 Å². The van der Waals surface area contributed by atoms with Crippen LogP contribution in [0.5, 0.6) is 0 Å². The van der Waals surface area contributed by atoms with Crippen molar-refractivity contribution in [3.05, 3.63) is 65.3 Å². The van der Waals surface area contributed by atoms with Gasteiger partial charge in [0.05, 0.1) is 22.4 Å². The normalized spacial score (nSPS) is 16.1. The first kappa shape index (κ1) is 21.2. The lowest BCUT2D eigenvalue weighted by Crippen LogP contribution is -2.44. The molecule has 1 aliphatic heterocycles. The average molecular weight is 476 g/mol. The summed E-state index contributed by atoms with van der Waals surface area (Å²) in [6.45, 7) is 3.61. The van der Waals surface area contributed by atoms with Gasteiger partial charge >= 0.3 is 0 Å². The molecule has 0 unspecified atom stereocenters. The van der Waals surface area contributed by atoms with Crippen molar-refractivity contribution in [2.24, 2.45) is 0 Å². The third kappa shape index (κ3) is 4.15. The molecular weight excluding hydrogens is 453 g/mol. The predicted octanol–water partition coefficient (Wildman–Crippen LogP) is 4.91.